The number of aromatic nitrogens is 5. The molecule has 3 aromatic heterocycles. The molecule has 360 valence electrons. The molecule has 6 aliphatic rings. The molecule has 6 fully saturated rings. The topological polar surface area (TPSA) is 163 Å². The van der Waals surface area contributed by atoms with Crippen LogP contribution in [0.15, 0.2) is 53.5 Å². The number of ether oxygens (including phenoxy) is 1. The van der Waals surface area contributed by atoms with E-state index in [1.165, 1.54) is 12.1 Å². The Morgan fingerprint density at radius 2 is 1.72 bits per heavy atom. The van der Waals surface area contributed by atoms with Gasteiger partial charge in [-0.15, -0.1) is 0 Å². The van der Waals surface area contributed by atoms with Gasteiger partial charge in [-0.25, -0.2) is 13.6 Å². The molecule has 3 unspecified atom stereocenters. The number of carbonyl (C=O) groups is 2. The Balaban J connectivity index is 0.719. The van der Waals surface area contributed by atoms with E-state index in [1.54, 1.807) is 34.5 Å². The van der Waals surface area contributed by atoms with Crippen molar-refractivity contribution in [1.82, 2.24) is 44.5 Å². The van der Waals surface area contributed by atoms with Gasteiger partial charge in [0.25, 0.3) is 0 Å². The van der Waals surface area contributed by atoms with Gasteiger partial charge in [-0.1, -0.05) is 25.1 Å². The number of phenolic OH excluding ortho intramolecular Hbond substituents is 1. The van der Waals surface area contributed by atoms with Crippen molar-refractivity contribution >= 4 is 50.3 Å². The highest BCUT2D eigenvalue weighted by molar-refractivity contribution is 6.02. The van der Waals surface area contributed by atoms with E-state index in [0.717, 1.165) is 114 Å². The second kappa shape index (κ2) is 16.8. The molecule has 2 amide bonds. The van der Waals surface area contributed by atoms with Crippen LogP contribution in [0.25, 0.3) is 44.0 Å². The number of hydrogen-bond donors (Lipinski definition) is 3. The van der Waals surface area contributed by atoms with Crippen molar-refractivity contribution in [3.63, 3.8) is 0 Å². The van der Waals surface area contributed by atoms with E-state index in [-0.39, 0.29) is 46.4 Å². The van der Waals surface area contributed by atoms with Gasteiger partial charge in [0.2, 0.25) is 11.8 Å². The largest absolute Gasteiger partial charge is 0.508 e. The van der Waals surface area contributed by atoms with Crippen LogP contribution >= 0.6 is 0 Å². The quantitative estimate of drug-likeness (QED) is 0.127. The molecule has 0 radical (unpaired) electrons. The van der Waals surface area contributed by atoms with E-state index in [4.69, 9.17) is 14.7 Å². The van der Waals surface area contributed by atoms with Crippen LogP contribution in [0.4, 0.5) is 14.6 Å². The van der Waals surface area contributed by atoms with Crippen LogP contribution in [-0.4, -0.2) is 122 Å². The number of phenols is 1. The number of likely N-dealkylation sites (tertiary alicyclic amines) is 2. The van der Waals surface area contributed by atoms with Crippen molar-refractivity contribution in [3.05, 3.63) is 81.9 Å². The molecule has 3 aromatic carbocycles. The predicted octanol–water partition coefficient (Wildman–Crippen LogP) is 5.76. The fraction of sp³-hybridized carbons (Fsp3) is 0.500. The Morgan fingerprint density at radius 1 is 0.942 bits per heavy atom. The molecular weight excluding hydrogens is 883 g/mol. The lowest BCUT2D eigenvalue weighted by atomic mass is 9.71. The van der Waals surface area contributed by atoms with Crippen molar-refractivity contribution in [1.29, 1.82) is 0 Å². The number of piperidine rings is 2. The summed E-state index contributed by atoms with van der Waals surface area (Å²) in [7, 11) is 1.76. The number of anilines is 1. The number of piperazine rings is 1. The molecule has 1 spiro atoms. The fourth-order valence-corrected chi connectivity index (χ4v) is 12.5. The summed E-state index contributed by atoms with van der Waals surface area (Å²) in [5, 5.41) is 18.4. The summed E-state index contributed by atoms with van der Waals surface area (Å²) >= 11 is 0. The van der Waals surface area contributed by atoms with Crippen LogP contribution in [-0.2, 0) is 29.5 Å². The minimum Gasteiger partial charge on any atom is -0.508 e. The van der Waals surface area contributed by atoms with E-state index in [2.05, 4.69) is 36.4 Å². The summed E-state index contributed by atoms with van der Waals surface area (Å²) in [5.41, 5.74) is 3.46. The number of aromatic hydroxyl groups is 1. The number of nitrogens with one attached hydrogen (secondary N) is 2. The lowest BCUT2D eigenvalue weighted by Gasteiger charge is -2.54. The molecular formula is C52H58F2N10O5. The molecule has 69 heavy (non-hydrogen) atoms. The third-order valence-electron chi connectivity index (χ3n) is 16.4. The highest BCUT2D eigenvalue weighted by Gasteiger charge is 2.49. The normalized spacial score (nSPS) is 23.3. The van der Waals surface area contributed by atoms with Gasteiger partial charge in [0.1, 0.15) is 34.6 Å². The number of imidazole rings is 1. The maximum atomic E-state index is 17.2. The first kappa shape index (κ1) is 44.2. The standard InChI is InChI=1S/C52H58F2N10O5/c1-3-35-38(53)10-7-31-21-34(65)22-36(42(31)35)44-43(54)45-37(23-55-44)47(63-24-32-8-9-33(25-63)56-32)59-49(58-45)69-29-52(14-15-52)28-61-19-16-51(17-20-61)26-62(27-51)18-13-30-5-4-6-39-46(30)60(2)50(68)64(39)40-11-12-41(66)57-48(40)67/h4-7,10,21-23,32-33,40,56,65H,3,8-9,11-20,24-29H2,1-2H3,(H,57,66,67). The second-order valence-corrected chi connectivity index (χ2v) is 21.0. The Labute approximate surface area is 397 Å². The van der Waals surface area contributed by atoms with Crippen LogP contribution in [0.2, 0.25) is 0 Å². The average Bonchev–Trinajstić information content (AvgIpc) is 3.95. The Bertz CT molecular complexity index is 3120. The lowest BCUT2D eigenvalue weighted by molar-refractivity contribution is -0.135. The van der Waals surface area contributed by atoms with Crippen molar-refractivity contribution in [3.8, 4) is 23.0 Å². The summed E-state index contributed by atoms with van der Waals surface area (Å²) in [6, 6.07) is 11.9. The number of amides is 2. The van der Waals surface area contributed by atoms with Crippen LogP contribution in [0.1, 0.15) is 75.5 Å². The number of fused-ring (bicyclic) bond motifs is 5. The molecule has 5 aliphatic heterocycles. The minimum absolute atomic E-state index is 0.0132. The smallest absolute Gasteiger partial charge is 0.329 e. The van der Waals surface area contributed by atoms with E-state index >= 15 is 8.78 Å². The number of imide groups is 1. The summed E-state index contributed by atoms with van der Waals surface area (Å²) in [4.78, 5) is 59.7. The predicted molar refractivity (Wildman–Crippen MR) is 257 cm³/mol. The molecule has 6 aromatic rings. The van der Waals surface area contributed by atoms with Gasteiger partial charge in [0.05, 0.1) is 23.0 Å². The van der Waals surface area contributed by atoms with Crippen LogP contribution in [0, 0.1) is 22.5 Å². The van der Waals surface area contributed by atoms with Gasteiger partial charge in [-0.05, 0) is 122 Å². The third kappa shape index (κ3) is 7.80. The highest BCUT2D eigenvalue weighted by Crippen LogP contribution is 2.49. The molecule has 8 heterocycles. The van der Waals surface area contributed by atoms with Crippen molar-refractivity contribution in [2.45, 2.75) is 89.3 Å². The number of para-hydroxylation sites is 1. The maximum absolute atomic E-state index is 17.2. The molecule has 3 atom stereocenters. The Kier molecular flexibility index (Phi) is 10.8. The molecule has 1 aliphatic carbocycles. The molecule has 17 heteroatoms. The molecule has 3 N–H and O–H groups in total. The molecule has 12 rings (SSSR count). The Hall–Kier alpha value is -6.04. The average molecular weight is 941 g/mol. The molecule has 2 bridgehead atoms. The summed E-state index contributed by atoms with van der Waals surface area (Å²) in [6.45, 7) is 9.64. The number of halogens is 2. The number of nitrogens with zero attached hydrogens (tertiary/aromatic N) is 8. The van der Waals surface area contributed by atoms with E-state index in [9.17, 15) is 19.5 Å². The lowest BCUT2D eigenvalue weighted by Crippen LogP contribution is -2.60. The number of hydrogen-bond acceptors (Lipinski definition) is 12. The first-order chi connectivity index (χ1) is 33.4. The number of carbonyl (C=O) groups excluding carboxylic acids is 2. The van der Waals surface area contributed by atoms with Gasteiger partial charge in [0, 0.05) is 82.0 Å². The minimum atomic E-state index is -0.704. The molecule has 5 saturated heterocycles. The van der Waals surface area contributed by atoms with E-state index in [0.29, 0.717) is 70.1 Å². The van der Waals surface area contributed by atoms with Gasteiger partial charge in [0.15, 0.2) is 5.82 Å². The zero-order valence-electron chi connectivity index (χ0n) is 39.2. The van der Waals surface area contributed by atoms with Gasteiger partial charge >= 0.3 is 11.7 Å². The second-order valence-electron chi connectivity index (χ2n) is 21.0. The Morgan fingerprint density at radius 3 is 2.46 bits per heavy atom. The van der Waals surface area contributed by atoms with Crippen molar-refractivity contribution in [2.75, 3.05) is 63.9 Å². The summed E-state index contributed by atoms with van der Waals surface area (Å²) in [6.07, 6.45) is 9.74. The maximum Gasteiger partial charge on any atom is 0.329 e. The molecule has 15 nitrogen and oxygen atoms in total. The number of benzene rings is 3. The van der Waals surface area contributed by atoms with E-state index in [1.807, 2.05) is 19.1 Å². The molecule has 1 saturated carbocycles. The van der Waals surface area contributed by atoms with Gasteiger partial charge < -0.3 is 29.9 Å². The first-order valence-electron chi connectivity index (χ1n) is 24.8. The van der Waals surface area contributed by atoms with Crippen LogP contribution in [0.3, 0.4) is 0 Å². The third-order valence-corrected chi connectivity index (χ3v) is 16.4. The number of aryl methyl sites for hydroxylation is 2. The van der Waals surface area contributed by atoms with Crippen molar-refractivity contribution < 1.29 is 28.2 Å². The summed E-state index contributed by atoms with van der Waals surface area (Å²) < 4.78 is 42.1. The van der Waals surface area contributed by atoms with Crippen LogP contribution in [0.5, 0.6) is 11.8 Å². The zero-order chi connectivity index (χ0) is 47.3. The number of rotatable bonds is 12. The highest BCUT2D eigenvalue weighted by atomic mass is 19.1. The first-order valence-corrected chi connectivity index (χ1v) is 24.8. The SMILES string of the molecule is CCc1c(F)ccc2cc(O)cc(-c3ncc4c(N5CC6CCC(C5)N6)nc(OCC5(CN6CCC7(CC6)CN(CCc6cccc8c6n(C)c(=O)n8C6CCC(=O)NC6=O)C7)CC5)nc4c3F)c12. The number of pyridine rings is 1. The summed E-state index contributed by atoms with van der Waals surface area (Å²) in [5.74, 6) is -1.26. The van der Waals surface area contributed by atoms with Crippen LogP contribution < -0.4 is 26.0 Å². The van der Waals surface area contributed by atoms with Gasteiger partial charge in [-0.2, -0.15) is 9.97 Å². The van der Waals surface area contributed by atoms with E-state index < -0.39 is 23.6 Å². The van der Waals surface area contributed by atoms with Crippen molar-refractivity contribution in [2.24, 2.45) is 17.9 Å². The fourth-order valence-electron chi connectivity index (χ4n) is 12.5. The van der Waals surface area contributed by atoms with Gasteiger partial charge in [-0.3, -0.25) is 29.0 Å². The zero-order valence-corrected chi connectivity index (χ0v) is 39.2. The monoisotopic (exact) mass is 940 g/mol.